The van der Waals surface area contributed by atoms with E-state index in [1.165, 1.54) is 0 Å². The van der Waals surface area contributed by atoms with Gasteiger partial charge in [0.2, 0.25) is 11.8 Å². The molecule has 0 spiro atoms. The minimum atomic E-state index is -4.22. The summed E-state index contributed by atoms with van der Waals surface area (Å²) in [4.78, 5) is 29.2. The fraction of sp³-hybridized carbons (Fsp3) is 0.500. The molecule has 0 saturated heterocycles. The highest BCUT2D eigenvalue weighted by Gasteiger charge is 2.13. The van der Waals surface area contributed by atoms with Gasteiger partial charge in [0.1, 0.15) is 0 Å². The van der Waals surface area contributed by atoms with Crippen molar-refractivity contribution in [3.63, 3.8) is 0 Å². The molecule has 0 aliphatic heterocycles. The lowest BCUT2D eigenvalue weighted by molar-refractivity contribution is -0.130. The zero-order chi connectivity index (χ0) is 10.5. The van der Waals surface area contributed by atoms with Crippen molar-refractivity contribution in [2.24, 2.45) is 11.2 Å². The normalized spacial score (nSPS) is 14.6. The summed E-state index contributed by atoms with van der Waals surface area (Å²) in [6.07, 6.45) is -0.398. The number of nitrogens with one attached hydrogen (secondary N) is 1. The van der Waals surface area contributed by atoms with Crippen molar-refractivity contribution in [2.45, 2.75) is 12.8 Å². The molecule has 13 heavy (non-hydrogen) atoms. The molecule has 0 bridgehead atoms. The lowest BCUT2D eigenvalue weighted by Crippen LogP contribution is -2.25. The van der Waals surface area contributed by atoms with Crippen LogP contribution >= 0.6 is 7.75 Å². The van der Waals surface area contributed by atoms with Gasteiger partial charge in [0, 0.05) is 12.8 Å². The molecule has 0 aromatic carbocycles. The topological polar surface area (TPSA) is 145 Å². The first-order valence-corrected chi connectivity index (χ1v) is 4.83. The Morgan fingerprint density at radius 1 is 1.46 bits per heavy atom. The third-order valence-electron chi connectivity index (χ3n) is 0.889. The van der Waals surface area contributed by atoms with Crippen LogP contribution in [0.1, 0.15) is 12.8 Å². The first-order chi connectivity index (χ1) is 5.81. The van der Waals surface area contributed by atoms with E-state index in [-0.39, 0.29) is 12.8 Å². The van der Waals surface area contributed by atoms with Crippen LogP contribution < -0.4 is 16.7 Å². The van der Waals surface area contributed by atoms with Crippen molar-refractivity contribution in [1.82, 2.24) is 5.48 Å². The second-order valence-electron chi connectivity index (χ2n) is 2.15. The summed E-state index contributed by atoms with van der Waals surface area (Å²) in [6.45, 7) is 0. The lowest BCUT2D eigenvalue weighted by atomic mass is 10.3. The molecule has 1 atom stereocenters. The van der Waals surface area contributed by atoms with Crippen LogP contribution in [0.5, 0.6) is 0 Å². The minimum Gasteiger partial charge on any atom is -0.370 e. The SMILES string of the molecule is NC(=O)CCC(=O)NOP(N)(=O)O. The van der Waals surface area contributed by atoms with Gasteiger partial charge in [0.15, 0.2) is 0 Å². The predicted molar refractivity (Wildman–Crippen MR) is 41.7 cm³/mol. The zero-order valence-corrected chi connectivity index (χ0v) is 7.49. The number of carbonyl (C=O) groups is 2. The number of nitrogens with two attached hydrogens (primary N) is 2. The number of primary amides is 1. The van der Waals surface area contributed by atoms with Crippen LogP contribution in [-0.2, 0) is 18.8 Å². The Morgan fingerprint density at radius 3 is 2.38 bits per heavy atom. The Balaban J connectivity index is 3.65. The Labute approximate surface area is 73.8 Å². The Morgan fingerprint density at radius 2 is 2.00 bits per heavy atom. The predicted octanol–water partition coefficient (Wildman–Crippen LogP) is -1.64. The molecule has 0 saturated carbocycles. The molecule has 6 N–H and O–H groups in total. The Bertz CT molecular complexity index is 248. The van der Waals surface area contributed by atoms with Gasteiger partial charge in [-0.05, 0) is 0 Å². The van der Waals surface area contributed by atoms with E-state index in [4.69, 9.17) is 10.6 Å². The van der Waals surface area contributed by atoms with Crippen LogP contribution in [0.25, 0.3) is 0 Å². The second kappa shape index (κ2) is 4.93. The van der Waals surface area contributed by atoms with E-state index in [2.05, 4.69) is 10.1 Å². The van der Waals surface area contributed by atoms with Gasteiger partial charge < -0.3 is 10.6 Å². The third-order valence-corrected chi connectivity index (χ3v) is 1.24. The molecule has 0 radical (unpaired) electrons. The van der Waals surface area contributed by atoms with Gasteiger partial charge >= 0.3 is 7.75 Å². The lowest BCUT2D eigenvalue weighted by Gasteiger charge is -2.05. The summed E-state index contributed by atoms with van der Waals surface area (Å²) in [5, 5.41) is 0. The van der Waals surface area contributed by atoms with Crippen molar-refractivity contribution in [2.75, 3.05) is 0 Å². The van der Waals surface area contributed by atoms with Crippen LogP contribution in [0.3, 0.4) is 0 Å². The maximum absolute atomic E-state index is 10.7. The molecular formula is C4H10N3O5P. The van der Waals surface area contributed by atoms with Crippen molar-refractivity contribution in [1.29, 1.82) is 0 Å². The third kappa shape index (κ3) is 8.96. The summed E-state index contributed by atoms with van der Waals surface area (Å²) < 4.78 is 14.1. The van der Waals surface area contributed by atoms with Gasteiger partial charge in [0.25, 0.3) is 0 Å². The Hall–Kier alpha value is -0.950. The van der Waals surface area contributed by atoms with Gasteiger partial charge in [-0.2, -0.15) is 4.62 Å². The van der Waals surface area contributed by atoms with Crippen LogP contribution in [0.2, 0.25) is 0 Å². The monoisotopic (exact) mass is 211 g/mol. The highest BCUT2D eigenvalue weighted by molar-refractivity contribution is 7.50. The summed E-state index contributed by atoms with van der Waals surface area (Å²) in [5.41, 5.74) is 10.8. The average Bonchev–Trinajstić information content (AvgIpc) is 1.95. The number of hydrogen-bond donors (Lipinski definition) is 4. The number of hydroxylamine groups is 1. The highest BCUT2D eigenvalue weighted by atomic mass is 31.2. The maximum atomic E-state index is 10.7. The van der Waals surface area contributed by atoms with E-state index in [0.29, 0.717) is 0 Å². The fourth-order valence-corrected chi connectivity index (χ4v) is 0.637. The molecule has 1 unspecified atom stereocenters. The van der Waals surface area contributed by atoms with Crippen LogP contribution in [-0.4, -0.2) is 16.7 Å². The molecule has 76 valence electrons. The first-order valence-electron chi connectivity index (χ1n) is 3.18. The van der Waals surface area contributed by atoms with Gasteiger partial charge in [-0.3, -0.25) is 9.59 Å². The van der Waals surface area contributed by atoms with Gasteiger partial charge in [-0.25, -0.2) is 15.5 Å². The first kappa shape index (κ1) is 12.0. The molecule has 9 heteroatoms. The van der Waals surface area contributed by atoms with Crippen LogP contribution in [0.4, 0.5) is 0 Å². The quantitative estimate of drug-likeness (QED) is 0.317. The number of rotatable bonds is 5. The summed E-state index contributed by atoms with van der Waals surface area (Å²) in [6, 6.07) is 0. The van der Waals surface area contributed by atoms with E-state index in [1.54, 1.807) is 5.48 Å². The summed E-state index contributed by atoms with van der Waals surface area (Å²) in [7, 11) is -4.22. The average molecular weight is 211 g/mol. The maximum Gasteiger partial charge on any atom is 0.421 e. The molecule has 0 aliphatic rings. The van der Waals surface area contributed by atoms with E-state index in [0.717, 1.165) is 0 Å². The van der Waals surface area contributed by atoms with E-state index < -0.39 is 19.6 Å². The highest BCUT2D eigenvalue weighted by Crippen LogP contribution is 2.28. The minimum absolute atomic E-state index is 0.171. The zero-order valence-electron chi connectivity index (χ0n) is 6.60. The van der Waals surface area contributed by atoms with Crippen molar-refractivity contribution in [3.8, 4) is 0 Å². The molecule has 0 rings (SSSR count). The van der Waals surface area contributed by atoms with Gasteiger partial charge in [0.05, 0.1) is 0 Å². The molecule has 8 nitrogen and oxygen atoms in total. The van der Waals surface area contributed by atoms with E-state index >= 15 is 0 Å². The summed E-state index contributed by atoms with van der Waals surface area (Å²) in [5.74, 6) is -1.41. The molecule has 0 aromatic rings. The molecule has 0 aromatic heterocycles. The van der Waals surface area contributed by atoms with Crippen molar-refractivity contribution < 1.29 is 23.7 Å². The van der Waals surface area contributed by atoms with Gasteiger partial charge in [-0.1, -0.05) is 0 Å². The molecular weight excluding hydrogens is 201 g/mol. The van der Waals surface area contributed by atoms with Crippen LogP contribution in [0.15, 0.2) is 0 Å². The van der Waals surface area contributed by atoms with Crippen molar-refractivity contribution in [3.05, 3.63) is 0 Å². The van der Waals surface area contributed by atoms with E-state index in [1.807, 2.05) is 0 Å². The Kier molecular flexibility index (Phi) is 4.57. The standard InChI is InChI=1S/C4H10N3O5P/c5-3(8)1-2-4(9)7-12-13(6,10)11/h1-2H2,(H2,5,8)(H,7,9)(H3,6,10,11). The largest absolute Gasteiger partial charge is 0.421 e. The number of amides is 2. The fourth-order valence-electron chi connectivity index (χ4n) is 0.404. The van der Waals surface area contributed by atoms with Crippen molar-refractivity contribution >= 4 is 19.6 Å². The molecule has 2 amide bonds. The van der Waals surface area contributed by atoms with Crippen LogP contribution in [0, 0.1) is 0 Å². The summed E-state index contributed by atoms with van der Waals surface area (Å²) >= 11 is 0. The van der Waals surface area contributed by atoms with Gasteiger partial charge in [-0.15, -0.1) is 0 Å². The number of carbonyl (C=O) groups excluding carboxylic acids is 2. The van der Waals surface area contributed by atoms with E-state index in [9.17, 15) is 14.2 Å². The molecule has 0 aliphatic carbocycles. The number of hydrogen-bond acceptors (Lipinski definition) is 4. The smallest absolute Gasteiger partial charge is 0.370 e. The molecule has 0 fully saturated rings. The second-order valence-corrected chi connectivity index (χ2v) is 3.46. The molecule has 0 heterocycles.